The molecule has 8 nitrogen and oxygen atoms in total. The predicted molar refractivity (Wildman–Crippen MR) is 117 cm³/mol. The normalized spacial score (nSPS) is 18.3. The van der Waals surface area contributed by atoms with Crippen molar-refractivity contribution in [2.45, 2.75) is 57.7 Å². The first-order valence-electron chi connectivity index (χ1n) is 10.2. The molecule has 0 amide bonds. The van der Waals surface area contributed by atoms with Gasteiger partial charge in [0.1, 0.15) is 11.4 Å². The highest BCUT2D eigenvalue weighted by molar-refractivity contribution is 5.72. The maximum absolute atomic E-state index is 10.5. The summed E-state index contributed by atoms with van der Waals surface area (Å²) < 4.78 is 0. The first-order valence-corrected chi connectivity index (χ1v) is 10.2. The van der Waals surface area contributed by atoms with Crippen molar-refractivity contribution in [1.29, 1.82) is 0 Å². The maximum Gasteiger partial charge on any atom is 0.245 e. The van der Waals surface area contributed by atoms with E-state index in [1.54, 1.807) is 18.5 Å². The number of hydrogen-bond acceptors (Lipinski definition) is 7. The number of nitrogens with zero attached hydrogens (tertiary/aromatic N) is 5. The van der Waals surface area contributed by atoms with Gasteiger partial charge in [0.05, 0.1) is 11.9 Å². The Balaban J connectivity index is 1.54. The highest BCUT2D eigenvalue weighted by Crippen LogP contribution is 2.33. The van der Waals surface area contributed by atoms with Crippen molar-refractivity contribution >= 4 is 5.95 Å². The van der Waals surface area contributed by atoms with Gasteiger partial charge in [-0.15, -0.1) is 10.2 Å². The largest absolute Gasteiger partial charge is 0.507 e. The summed E-state index contributed by atoms with van der Waals surface area (Å²) in [5.41, 5.74) is 2.89. The Kier molecular flexibility index (Phi) is 4.97. The highest BCUT2D eigenvalue weighted by atomic mass is 16.3. The van der Waals surface area contributed by atoms with Gasteiger partial charge >= 0.3 is 0 Å². The van der Waals surface area contributed by atoms with Crippen LogP contribution in [0.2, 0.25) is 0 Å². The molecule has 1 fully saturated rings. The summed E-state index contributed by atoms with van der Waals surface area (Å²) >= 11 is 0. The average molecular weight is 408 g/mol. The van der Waals surface area contributed by atoms with Crippen molar-refractivity contribution in [3.8, 4) is 28.3 Å². The topological polar surface area (TPSA) is 103 Å². The second-order valence-electron chi connectivity index (χ2n) is 9.41. The first kappa shape index (κ1) is 20.3. The van der Waals surface area contributed by atoms with E-state index >= 15 is 0 Å². The Labute approximate surface area is 176 Å². The molecule has 3 heterocycles. The summed E-state index contributed by atoms with van der Waals surface area (Å²) in [6.45, 7) is 8.92. The van der Waals surface area contributed by atoms with Crippen molar-refractivity contribution in [1.82, 2.24) is 30.7 Å². The molecule has 3 N–H and O–H groups in total. The van der Waals surface area contributed by atoms with Gasteiger partial charge in [0.2, 0.25) is 5.95 Å². The molecule has 1 aromatic carbocycles. The van der Waals surface area contributed by atoms with Gasteiger partial charge in [-0.05, 0) is 58.7 Å². The Morgan fingerprint density at radius 2 is 1.80 bits per heavy atom. The fourth-order valence-electron chi connectivity index (χ4n) is 4.59. The monoisotopic (exact) mass is 407 g/mol. The van der Waals surface area contributed by atoms with Gasteiger partial charge in [-0.25, -0.2) is 4.98 Å². The zero-order valence-electron chi connectivity index (χ0n) is 18.1. The minimum absolute atomic E-state index is 0.0379. The van der Waals surface area contributed by atoms with E-state index < -0.39 is 0 Å². The number of hydrogen-bond donors (Lipinski definition) is 3. The number of anilines is 1. The molecule has 158 valence electrons. The molecule has 0 radical (unpaired) electrons. The van der Waals surface area contributed by atoms with E-state index in [4.69, 9.17) is 0 Å². The van der Waals surface area contributed by atoms with Crippen LogP contribution in [-0.2, 0) is 0 Å². The van der Waals surface area contributed by atoms with Crippen LogP contribution in [0.5, 0.6) is 5.75 Å². The van der Waals surface area contributed by atoms with Gasteiger partial charge in [0.15, 0.2) is 0 Å². The standard InChI is InChI=1S/C22H29N7O/c1-21(2)11-15(12-22(3,4)28-21)29(5)20-23-13-18(26-27-20)16-7-6-14(10-19(16)30)17-8-9-24-25-17/h6-10,13,15,28,30H,11-12H2,1-5H3,(H,24,25). The van der Waals surface area contributed by atoms with Crippen LogP contribution in [0, 0.1) is 0 Å². The molecule has 1 aliphatic heterocycles. The van der Waals surface area contributed by atoms with Gasteiger partial charge in [-0.1, -0.05) is 6.07 Å². The first-order chi connectivity index (χ1) is 14.1. The van der Waals surface area contributed by atoms with Crippen molar-refractivity contribution in [3.05, 3.63) is 36.7 Å². The molecular formula is C22H29N7O. The molecule has 0 aliphatic carbocycles. The third-order valence-corrected chi connectivity index (χ3v) is 5.67. The Bertz CT molecular complexity index is 996. The van der Waals surface area contributed by atoms with Crippen molar-refractivity contribution in [2.75, 3.05) is 11.9 Å². The lowest BCUT2D eigenvalue weighted by molar-refractivity contribution is 0.160. The van der Waals surface area contributed by atoms with Crippen LogP contribution in [0.3, 0.4) is 0 Å². The number of phenolic OH excluding ortho intramolecular Hbond substituents is 1. The molecule has 0 spiro atoms. The van der Waals surface area contributed by atoms with E-state index in [0.717, 1.165) is 24.1 Å². The van der Waals surface area contributed by atoms with Crippen LogP contribution in [0.25, 0.3) is 22.5 Å². The van der Waals surface area contributed by atoms with Crippen LogP contribution in [0.15, 0.2) is 36.7 Å². The van der Waals surface area contributed by atoms with Gasteiger partial charge in [-0.2, -0.15) is 5.10 Å². The molecular weight excluding hydrogens is 378 g/mol. The smallest absolute Gasteiger partial charge is 0.245 e. The number of aromatic amines is 1. The van der Waals surface area contributed by atoms with E-state index in [-0.39, 0.29) is 16.8 Å². The molecule has 8 heteroatoms. The average Bonchev–Trinajstić information content (AvgIpc) is 3.20. The van der Waals surface area contributed by atoms with Crippen LogP contribution >= 0.6 is 0 Å². The van der Waals surface area contributed by atoms with Crippen molar-refractivity contribution < 1.29 is 5.11 Å². The summed E-state index contributed by atoms with van der Waals surface area (Å²) in [5, 5.41) is 29.7. The fourth-order valence-corrected chi connectivity index (χ4v) is 4.59. The van der Waals surface area contributed by atoms with E-state index in [2.05, 4.69) is 63.3 Å². The molecule has 0 saturated carbocycles. The Morgan fingerprint density at radius 1 is 1.07 bits per heavy atom. The Hall–Kier alpha value is -3.00. The SMILES string of the molecule is CN(c1ncc(-c2ccc(-c3ccn[nH]3)cc2O)nn1)C1CC(C)(C)NC(C)(C)C1. The van der Waals surface area contributed by atoms with E-state index in [9.17, 15) is 5.11 Å². The number of nitrogens with one attached hydrogen (secondary N) is 2. The number of rotatable bonds is 4. The van der Waals surface area contributed by atoms with Crippen LogP contribution in [0.1, 0.15) is 40.5 Å². The van der Waals surface area contributed by atoms with E-state index in [0.29, 0.717) is 23.2 Å². The summed E-state index contributed by atoms with van der Waals surface area (Å²) in [4.78, 5) is 6.66. The second kappa shape index (κ2) is 7.36. The lowest BCUT2D eigenvalue weighted by Gasteiger charge is -2.48. The molecule has 4 rings (SSSR count). The van der Waals surface area contributed by atoms with Gasteiger partial charge in [0, 0.05) is 41.5 Å². The third-order valence-electron chi connectivity index (χ3n) is 5.67. The predicted octanol–water partition coefficient (Wildman–Crippen LogP) is 3.38. The lowest BCUT2D eigenvalue weighted by Crippen LogP contribution is -2.62. The highest BCUT2D eigenvalue weighted by Gasteiger charge is 2.39. The number of phenols is 1. The minimum Gasteiger partial charge on any atom is -0.507 e. The molecule has 2 aromatic heterocycles. The number of H-pyrrole nitrogens is 1. The number of piperidine rings is 1. The van der Waals surface area contributed by atoms with E-state index in [1.165, 1.54) is 0 Å². The molecule has 1 aliphatic rings. The van der Waals surface area contributed by atoms with E-state index in [1.807, 2.05) is 25.2 Å². The zero-order valence-corrected chi connectivity index (χ0v) is 18.1. The molecule has 1 saturated heterocycles. The molecule has 0 unspecified atom stereocenters. The second-order valence-corrected chi connectivity index (χ2v) is 9.41. The van der Waals surface area contributed by atoms with Crippen molar-refractivity contribution in [2.24, 2.45) is 0 Å². The Morgan fingerprint density at radius 3 is 2.37 bits per heavy atom. The van der Waals surface area contributed by atoms with Crippen molar-refractivity contribution in [3.63, 3.8) is 0 Å². The maximum atomic E-state index is 10.5. The quantitative estimate of drug-likeness (QED) is 0.609. The molecule has 30 heavy (non-hydrogen) atoms. The fraction of sp³-hybridized carbons (Fsp3) is 0.455. The third kappa shape index (κ3) is 4.14. The van der Waals surface area contributed by atoms with Crippen LogP contribution in [-0.4, -0.2) is 54.7 Å². The summed E-state index contributed by atoms with van der Waals surface area (Å²) in [7, 11) is 2.02. The van der Waals surface area contributed by atoms with Crippen LogP contribution in [0.4, 0.5) is 5.95 Å². The number of aromatic hydroxyl groups is 1. The molecule has 0 atom stereocenters. The minimum atomic E-state index is 0.0379. The molecule has 0 bridgehead atoms. The zero-order chi connectivity index (χ0) is 21.5. The van der Waals surface area contributed by atoms with Gasteiger partial charge in [0.25, 0.3) is 0 Å². The van der Waals surface area contributed by atoms with Gasteiger partial charge < -0.3 is 15.3 Å². The summed E-state index contributed by atoms with van der Waals surface area (Å²) in [5.74, 6) is 0.715. The lowest BCUT2D eigenvalue weighted by atomic mass is 9.79. The summed E-state index contributed by atoms with van der Waals surface area (Å²) in [6, 6.07) is 7.57. The number of benzene rings is 1. The molecule has 3 aromatic rings. The number of aromatic nitrogens is 5. The summed E-state index contributed by atoms with van der Waals surface area (Å²) in [6.07, 6.45) is 5.33. The van der Waals surface area contributed by atoms with Crippen LogP contribution < -0.4 is 10.2 Å². The van der Waals surface area contributed by atoms with Gasteiger partial charge in [-0.3, -0.25) is 5.10 Å².